The highest BCUT2D eigenvalue weighted by Gasteiger charge is 2.35. The number of amides is 1. The van der Waals surface area contributed by atoms with Crippen LogP contribution in [0.4, 0.5) is 4.79 Å². The van der Waals surface area contributed by atoms with Gasteiger partial charge in [0.05, 0.1) is 5.54 Å². The molecule has 0 bridgehead atoms. The second kappa shape index (κ2) is 3.28. The largest absolute Gasteiger partial charge is 0.464 e. The van der Waals surface area contributed by atoms with Crippen LogP contribution >= 0.6 is 0 Å². The minimum absolute atomic E-state index is 0.454. The Morgan fingerprint density at radius 2 is 2.08 bits per heavy atom. The van der Waals surface area contributed by atoms with E-state index in [0.717, 1.165) is 5.01 Å². The first-order valence-electron chi connectivity index (χ1n) is 3.92. The average molecular weight is 174 g/mol. The number of hydrazine groups is 1. The Labute approximate surface area is 71.1 Å². The highest BCUT2D eigenvalue weighted by molar-refractivity contribution is 5.65. The lowest BCUT2D eigenvalue weighted by molar-refractivity contribution is -0.0117. The number of nitrogens with two attached hydrogens (primary N) is 1. The Balaban J connectivity index is 2.62. The normalized spacial score (nSPS) is 21.8. The van der Waals surface area contributed by atoms with Crippen molar-refractivity contribution in [2.45, 2.75) is 25.3 Å². The molecular formula is C7H14N2O3. The summed E-state index contributed by atoms with van der Waals surface area (Å²) >= 11 is 0. The molecule has 5 nitrogen and oxygen atoms in total. The summed E-state index contributed by atoms with van der Waals surface area (Å²) in [6, 6.07) is 0. The van der Waals surface area contributed by atoms with Crippen LogP contribution < -0.4 is 5.84 Å². The second-order valence-electron chi connectivity index (χ2n) is 3.26. The second-order valence-corrected chi connectivity index (χ2v) is 3.26. The Kier molecular flexibility index (Phi) is 2.54. The molecule has 0 aromatic carbocycles. The average Bonchev–Trinajstić information content (AvgIpc) is 2.04. The zero-order valence-corrected chi connectivity index (χ0v) is 7.12. The fourth-order valence-electron chi connectivity index (χ4n) is 1.28. The summed E-state index contributed by atoms with van der Waals surface area (Å²) in [4.78, 5) is 10.6. The number of rotatable bonds is 1. The molecule has 1 amide bonds. The van der Waals surface area contributed by atoms with Crippen molar-refractivity contribution in [3.05, 3.63) is 0 Å². The van der Waals surface area contributed by atoms with Gasteiger partial charge in [0.2, 0.25) is 0 Å². The highest BCUT2D eigenvalue weighted by Crippen LogP contribution is 2.24. The molecule has 0 aliphatic carbocycles. The standard InChI is InChI=1S/C7H14N2O3/c1-7(9(8)6(10)11)2-4-12-5-3-7/h2-5,8H2,1H3,(H,10,11). The van der Waals surface area contributed by atoms with Gasteiger partial charge in [-0.25, -0.2) is 15.6 Å². The van der Waals surface area contributed by atoms with E-state index in [4.69, 9.17) is 15.7 Å². The van der Waals surface area contributed by atoms with Gasteiger partial charge >= 0.3 is 6.09 Å². The van der Waals surface area contributed by atoms with Crippen LogP contribution in [0.1, 0.15) is 19.8 Å². The van der Waals surface area contributed by atoms with Crippen molar-refractivity contribution < 1.29 is 14.6 Å². The van der Waals surface area contributed by atoms with E-state index in [1.165, 1.54) is 0 Å². The summed E-state index contributed by atoms with van der Waals surface area (Å²) in [6.07, 6.45) is 0.241. The Hall–Kier alpha value is -0.810. The Morgan fingerprint density at radius 1 is 1.58 bits per heavy atom. The van der Waals surface area contributed by atoms with E-state index in [2.05, 4.69) is 0 Å². The van der Waals surface area contributed by atoms with Crippen molar-refractivity contribution in [1.82, 2.24) is 5.01 Å². The molecule has 1 fully saturated rings. The fraction of sp³-hybridized carbons (Fsp3) is 0.857. The smallest absolute Gasteiger partial charge is 0.422 e. The molecule has 0 aromatic rings. The molecule has 1 rings (SSSR count). The molecule has 0 radical (unpaired) electrons. The van der Waals surface area contributed by atoms with Gasteiger partial charge in [0, 0.05) is 13.2 Å². The minimum atomic E-state index is -1.08. The van der Waals surface area contributed by atoms with Crippen LogP contribution in [0.15, 0.2) is 0 Å². The molecule has 12 heavy (non-hydrogen) atoms. The summed E-state index contributed by atoms with van der Waals surface area (Å²) in [7, 11) is 0. The van der Waals surface area contributed by atoms with E-state index in [-0.39, 0.29) is 0 Å². The fourth-order valence-corrected chi connectivity index (χ4v) is 1.28. The first-order valence-corrected chi connectivity index (χ1v) is 3.92. The SMILES string of the molecule is CC1(N(N)C(=O)O)CCOCC1. The molecule has 5 heteroatoms. The number of carbonyl (C=O) groups is 1. The number of hydrogen-bond donors (Lipinski definition) is 2. The number of carboxylic acid groups (broad SMARTS) is 1. The first kappa shape index (κ1) is 9.28. The minimum Gasteiger partial charge on any atom is -0.464 e. The maximum Gasteiger partial charge on any atom is 0.422 e. The van der Waals surface area contributed by atoms with Crippen molar-refractivity contribution in [3.63, 3.8) is 0 Å². The number of hydrogen-bond acceptors (Lipinski definition) is 3. The van der Waals surface area contributed by atoms with Crippen molar-refractivity contribution in [2.24, 2.45) is 5.84 Å². The van der Waals surface area contributed by atoms with Crippen LogP contribution in [0.25, 0.3) is 0 Å². The molecule has 0 unspecified atom stereocenters. The van der Waals surface area contributed by atoms with Gasteiger partial charge in [-0.2, -0.15) is 0 Å². The van der Waals surface area contributed by atoms with Gasteiger partial charge < -0.3 is 9.84 Å². The van der Waals surface area contributed by atoms with Crippen LogP contribution in [0.5, 0.6) is 0 Å². The van der Waals surface area contributed by atoms with Gasteiger partial charge in [-0.3, -0.25) is 0 Å². The van der Waals surface area contributed by atoms with Crippen molar-refractivity contribution >= 4 is 6.09 Å². The van der Waals surface area contributed by atoms with E-state index in [0.29, 0.717) is 26.1 Å². The predicted molar refractivity (Wildman–Crippen MR) is 42.5 cm³/mol. The molecular weight excluding hydrogens is 160 g/mol. The maximum atomic E-state index is 10.6. The van der Waals surface area contributed by atoms with Crippen LogP contribution in [-0.4, -0.2) is 35.0 Å². The molecule has 0 aromatic heterocycles. The van der Waals surface area contributed by atoms with Gasteiger partial charge in [-0.05, 0) is 19.8 Å². The zero-order chi connectivity index (χ0) is 9.19. The lowest BCUT2D eigenvalue weighted by Gasteiger charge is -2.38. The molecule has 3 N–H and O–H groups in total. The van der Waals surface area contributed by atoms with Gasteiger partial charge in [-0.1, -0.05) is 0 Å². The summed E-state index contributed by atoms with van der Waals surface area (Å²) in [5, 5.41) is 9.54. The summed E-state index contributed by atoms with van der Waals surface area (Å²) < 4.78 is 5.12. The Morgan fingerprint density at radius 3 is 2.50 bits per heavy atom. The number of ether oxygens (including phenoxy) is 1. The lowest BCUT2D eigenvalue weighted by Crippen LogP contribution is -2.56. The van der Waals surface area contributed by atoms with Crippen LogP contribution in [0.2, 0.25) is 0 Å². The molecule has 1 saturated heterocycles. The van der Waals surface area contributed by atoms with E-state index in [1.807, 2.05) is 6.92 Å². The molecule has 0 saturated carbocycles. The number of nitrogens with zero attached hydrogens (tertiary/aromatic N) is 1. The van der Waals surface area contributed by atoms with Gasteiger partial charge in [0.25, 0.3) is 0 Å². The van der Waals surface area contributed by atoms with Crippen LogP contribution in [0, 0.1) is 0 Å². The highest BCUT2D eigenvalue weighted by atomic mass is 16.5. The molecule has 1 aliphatic heterocycles. The van der Waals surface area contributed by atoms with Gasteiger partial charge in [0.15, 0.2) is 0 Å². The molecule has 70 valence electrons. The van der Waals surface area contributed by atoms with E-state index >= 15 is 0 Å². The molecule has 1 heterocycles. The van der Waals surface area contributed by atoms with Crippen molar-refractivity contribution in [2.75, 3.05) is 13.2 Å². The third kappa shape index (κ3) is 1.67. The van der Waals surface area contributed by atoms with Crippen molar-refractivity contribution in [3.8, 4) is 0 Å². The summed E-state index contributed by atoms with van der Waals surface area (Å²) in [6.45, 7) is 3.00. The van der Waals surface area contributed by atoms with Crippen LogP contribution in [0.3, 0.4) is 0 Å². The third-order valence-corrected chi connectivity index (χ3v) is 2.36. The third-order valence-electron chi connectivity index (χ3n) is 2.36. The lowest BCUT2D eigenvalue weighted by atomic mass is 9.92. The molecule has 1 aliphatic rings. The monoisotopic (exact) mass is 174 g/mol. The van der Waals surface area contributed by atoms with Gasteiger partial charge in [-0.15, -0.1) is 0 Å². The maximum absolute atomic E-state index is 10.6. The quantitative estimate of drug-likeness (QED) is 0.343. The zero-order valence-electron chi connectivity index (χ0n) is 7.12. The topological polar surface area (TPSA) is 75.8 Å². The molecule has 0 atom stereocenters. The van der Waals surface area contributed by atoms with Crippen molar-refractivity contribution in [1.29, 1.82) is 0 Å². The predicted octanol–water partition coefficient (Wildman–Crippen LogP) is 0.409. The Bertz CT molecular complexity index is 177. The van der Waals surface area contributed by atoms with Crippen LogP contribution in [-0.2, 0) is 4.74 Å². The first-order chi connectivity index (χ1) is 5.56. The summed E-state index contributed by atoms with van der Waals surface area (Å²) in [5.74, 6) is 5.40. The van der Waals surface area contributed by atoms with E-state index in [1.54, 1.807) is 0 Å². The van der Waals surface area contributed by atoms with Gasteiger partial charge in [0.1, 0.15) is 0 Å². The molecule has 0 spiro atoms. The van der Waals surface area contributed by atoms with E-state index in [9.17, 15) is 4.79 Å². The van der Waals surface area contributed by atoms with E-state index < -0.39 is 11.6 Å². The summed E-state index contributed by atoms with van der Waals surface area (Å²) in [5.41, 5.74) is -0.454.